The number of non-ortho nitro benzene ring substituents is 1. The second kappa shape index (κ2) is 9.08. The van der Waals surface area contributed by atoms with Crippen molar-refractivity contribution in [2.75, 3.05) is 19.7 Å². The van der Waals surface area contributed by atoms with Gasteiger partial charge >= 0.3 is 0 Å². The normalized spacial score (nSPS) is 18.1. The van der Waals surface area contributed by atoms with E-state index in [9.17, 15) is 20.3 Å². The van der Waals surface area contributed by atoms with E-state index < -0.39 is 17.1 Å². The Labute approximate surface area is 159 Å². The smallest absolute Gasteiger partial charge is 0.269 e. The Morgan fingerprint density at radius 2 is 1.70 bits per heavy atom. The van der Waals surface area contributed by atoms with Gasteiger partial charge in [-0.15, -0.1) is 0 Å². The highest BCUT2D eigenvalue weighted by atomic mass is 16.6. The lowest BCUT2D eigenvalue weighted by atomic mass is 9.88. The standard InChI is InChI=1S/C21H26N2O4/c24-15-20(21(25)18-6-8-19(9-7-18)23(26)27)22-12-10-17(11-13-22)14-16-4-2-1-3-5-16/h1-9,17,20-21,24-25H,10-15H2. The average Bonchev–Trinajstić information content (AvgIpc) is 2.70. The van der Waals surface area contributed by atoms with E-state index >= 15 is 0 Å². The van der Waals surface area contributed by atoms with Gasteiger partial charge in [0, 0.05) is 12.1 Å². The summed E-state index contributed by atoms with van der Waals surface area (Å²) in [5, 5.41) is 31.3. The maximum Gasteiger partial charge on any atom is 0.269 e. The molecule has 2 N–H and O–H groups in total. The maximum atomic E-state index is 10.8. The number of hydrogen-bond acceptors (Lipinski definition) is 5. The molecule has 2 aromatic carbocycles. The fraction of sp³-hybridized carbons (Fsp3) is 0.429. The number of likely N-dealkylation sites (tertiary alicyclic amines) is 1. The van der Waals surface area contributed by atoms with Gasteiger partial charge in [-0.3, -0.25) is 15.0 Å². The molecule has 0 radical (unpaired) electrons. The molecule has 1 fully saturated rings. The molecule has 0 saturated carbocycles. The second-order valence-electron chi connectivity index (χ2n) is 7.21. The van der Waals surface area contributed by atoms with Crippen molar-refractivity contribution < 1.29 is 15.1 Å². The first kappa shape index (κ1) is 19.5. The summed E-state index contributed by atoms with van der Waals surface area (Å²) in [6.07, 6.45) is 2.24. The van der Waals surface area contributed by atoms with E-state index in [2.05, 4.69) is 29.2 Å². The Bertz CT molecular complexity index is 728. The summed E-state index contributed by atoms with van der Waals surface area (Å²) in [6.45, 7) is 1.50. The Morgan fingerprint density at radius 1 is 1.07 bits per heavy atom. The van der Waals surface area contributed by atoms with Gasteiger partial charge in [0.2, 0.25) is 0 Å². The van der Waals surface area contributed by atoms with E-state index in [4.69, 9.17) is 0 Å². The maximum absolute atomic E-state index is 10.8. The van der Waals surface area contributed by atoms with E-state index in [0.717, 1.165) is 32.4 Å². The van der Waals surface area contributed by atoms with Gasteiger partial charge < -0.3 is 10.2 Å². The second-order valence-corrected chi connectivity index (χ2v) is 7.21. The highest BCUT2D eigenvalue weighted by Gasteiger charge is 2.30. The molecule has 0 aromatic heterocycles. The molecule has 1 heterocycles. The monoisotopic (exact) mass is 370 g/mol. The van der Waals surface area contributed by atoms with Crippen molar-refractivity contribution >= 4 is 5.69 Å². The Morgan fingerprint density at radius 3 is 2.26 bits per heavy atom. The summed E-state index contributed by atoms with van der Waals surface area (Å²) < 4.78 is 0. The summed E-state index contributed by atoms with van der Waals surface area (Å²) in [7, 11) is 0. The molecule has 6 nitrogen and oxygen atoms in total. The molecule has 2 aromatic rings. The van der Waals surface area contributed by atoms with Gasteiger partial charge in [-0.1, -0.05) is 30.3 Å². The van der Waals surface area contributed by atoms with E-state index in [1.54, 1.807) is 12.1 Å². The molecule has 3 rings (SSSR count). The van der Waals surface area contributed by atoms with E-state index in [0.29, 0.717) is 11.5 Å². The molecule has 0 spiro atoms. The molecule has 1 aliphatic heterocycles. The highest BCUT2D eigenvalue weighted by molar-refractivity contribution is 5.34. The van der Waals surface area contributed by atoms with Crippen LogP contribution in [0.3, 0.4) is 0 Å². The molecule has 2 unspecified atom stereocenters. The lowest BCUT2D eigenvalue weighted by molar-refractivity contribution is -0.384. The quantitative estimate of drug-likeness (QED) is 0.578. The average molecular weight is 370 g/mol. The van der Waals surface area contributed by atoms with Crippen molar-refractivity contribution in [3.05, 3.63) is 75.8 Å². The van der Waals surface area contributed by atoms with Crippen LogP contribution in [0.25, 0.3) is 0 Å². The van der Waals surface area contributed by atoms with Crippen LogP contribution < -0.4 is 0 Å². The predicted molar refractivity (Wildman–Crippen MR) is 103 cm³/mol. The first-order valence-electron chi connectivity index (χ1n) is 9.39. The minimum atomic E-state index is -0.874. The summed E-state index contributed by atoms with van der Waals surface area (Å²) in [4.78, 5) is 12.4. The summed E-state index contributed by atoms with van der Waals surface area (Å²) in [5.41, 5.74) is 1.93. The third-order valence-corrected chi connectivity index (χ3v) is 5.48. The Balaban J connectivity index is 1.58. The van der Waals surface area contributed by atoms with Gasteiger partial charge in [0.25, 0.3) is 5.69 Å². The number of rotatable bonds is 7. The van der Waals surface area contributed by atoms with Crippen molar-refractivity contribution in [1.29, 1.82) is 0 Å². The molecule has 0 amide bonds. The highest BCUT2D eigenvalue weighted by Crippen LogP contribution is 2.28. The summed E-state index contributed by atoms with van der Waals surface area (Å²) in [5.74, 6) is 0.611. The lowest BCUT2D eigenvalue weighted by Crippen LogP contribution is -2.46. The number of aliphatic hydroxyl groups excluding tert-OH is 2. The minimum Gasteiger partial charge on any atom is -0.395 e. The number of nitro benzene ring substituents is 1. The molecule has 1 saturated heterocycles. The summed E-state index contributed by atoms with van der Waals surface area (Å²) >= 11 is 0. The van der Waals surface area contributed by atoms with Crippen molar-refractivity contribution in [3.8, 4) is 0 Å². The molecular formula is C21H26N2O4. The van der Waals surface area contributed by atoms with Gasteiger partial charge in [0.15, 0.2) is 0 Å². The number of benzene rings is 2. The molecule has 6 heteroatoms. The number of nitro groups is 1. The SMILES string of the molecule is O=[N+]([O-])c1ccc(C(O)C(CO)N2CCC(Cc3ccccc3)CC2)cc1. The first-order chi connectivity index (χ1) is 13.1. The van der Waals surface area contributed by atoms with Crippen LogP contribution >= 0.6 is 0 Å². The van der Waals surface area contributed by atoms with Crippen molar-refractivity contribution in [2.24, 2.45) is 5.92 Å². The van der Waals surface area contributed by atoms with Gasteiger partial charge in [0.1, 0.15) is 0 Å². The van der Waals surface area contributed by atoms with Crippen LogP contribution in [0.1, 0.15) is 30.1 Å². The van der Waals surface area contributed by atoms with E-state index in [1.807, 2.05) is 6.07 Å². The van der Waals surface area contributed by atoms with Gasteiger partial charge in [0.05, 0.1) is 23.7 Å². The van der Waals surface area contributed by atoms with Gasteiger partial charge in [-0.05, 0) is 61.5 Å². The fourth-order valence-electron chi connectivity index (χ4n) is 3.87. The Kier molecular flexibility index (Phi) is 6.55. The van der Waals surface area contributed by atoms with Crippen molar-refractivity contribution in [1.82, 2.24) is 4.90 Å². The lowest BCUT2D eigenvalue weighted by Gasteiger charge is -2.39. The van der Waals surface area contributed by atoms with Crippen LogP contribution in [0.15, 0.2) is 54.6 Å². The van der Waals surface area contributed by atoms with Crippen LogP contribution in [0.5, 0.6) is 0 Å². The zero-order valence-electron chi connectivity index (χ0n) is 15.3. The topological polar surface area (TPSA) is 86.8 Å². The van der Waals surface area contributed by atoms with Crippen LogP contribution in [-0.2, 0) is 6.42 Å². The van der Waals surface area contributed by atoms with Gasteiger partial charge in [-0.25, -0.2) is 0 Å². The largest absolute Gasteiger partial charge is 0.395 e. The van der Waals surface area contributed by atoms with Crippen LogP contribution in [0.2, 0.25) is 0 Å². The summed E-state index contributed by atoms with van der Waals surface area (Å²) in [6, 6.07) is 16.0. The number of nitrogens with zero attached hydrogens (tertiary/aromatic N) is 2. The van der Waals surface area contributed by atoms with E-state index in [-0.39, 0.29) is 12.3 Å². The van der Waals surface area contributed by atoms with E-state index in [1.165, 1.54) is 17.7 Å². The predicted octanol–water partition coefficient (Wildman–Crippen LogP) is 2.94. The molecule has 0 bridgehead atoms. The zero-order chi connectivity index (χ0) is 19.2. The first-order valence-corrected chi connectivity index (χ1v) is 9.39. The van der Waals surface area contributed by atoms with Crippen LogP contribution in [0, 0.1) is 16.0 Å². The number of hydrogen-bond donors (Lipinski definition) is 2. The Hall–Kier alpha value is -2.28. The minimum absolute atomic E-state index is 0.00627. The van der Waals surface area contributed by atoms with Crippen LogP contribution in [0.4, 0.5) is 5.69 Å². The molecule has 27 heavy (non-hydrogen) atoms. The molecule has 2 atom stereocenters. The molecular weight excluding hydrogens is 344 g/mol. The van der Waals surface area contributed by atoms with Crippen LogP contribution in [-0.4, -0.2) is 45.8 Å². The third kappa shape index (κ3) is 4.91. The third-order valence-electron chi connectivity index (χ3n) is 5.48. The molecule has 144 valence electrons. The van der Waals surface area contributed by atoms with Crippen molar-refractivity contribution in [3.63, 3.8) is 0 Å². The van der Waals surface area contributed by atoms with Gasteiger partial charge in [-0.2, -0.15) is 0 Å². The number of aliphatic hydroxyl groups is 2. The fourth-order valence-corrected chi connectivity index (χ4v) is 3.87. The molecule has 1 aliphatic rings. The zero-order valence-corrected chi connectivity index (χ0v) is 15.3. The molecule has 0 aliphatic carbocycles. The van der Waals surface area contributed by atoms with Crippen molar-refractivity contribution in [2.45, 2.75) is 31.4 Å². The number of piperidine rings is 1.